The fourth-order valence-electron chi connectivity index (χ4n) is 5.52. The van der Waals surface area contributed by atoms with Gasteiger partial charge in [-0.1, -0.05) is 44.2 Å². The molecule has 2 aliphatic carbocycles. The van der Waals surface area contributed by atoms with E-state index in [1.807, 2.05) is 13.8 Å². The first-order chi connectivity index (χ1) is 12.7. The van der Waals surface area contributed by atoms with Crippen LogP contribution >= 0.6 is 0 Å². The lowest BCUT2D eigenvalue weighted by Crippen LogP contribution is -2.60. The van der Waals surface area contributed by atoms with Crippen molar-refractivity contribution in [2.45, 2.75) is 56.9 Å². The lowest BCUT2D eigenvalue weighted by Gasteiger charge is -2.41. The third-order valence-corrected chi connectivity index (χ3v) is 7.01. The molecule has 1 aliphatic heterocycles. The summed E-state index contributed by atoms with van der Waals surface area (Å²) in [5.41, 5.74) is -0.999. The van der Waals surface area contributed by atoms with E-state index < -0.39 is 40.7 Å². The minimum absolute atomic E-state index is 0.208. The maximum Gasteiger partial charge on any atom is 0.417 e. The Kier molecular flexibility index (Phi) is 3.82. The Bertz CT molecular complexity index is 810. The molecule has 3 fully saturated rings. The second-order valence-electron chi connectivity index (χ2n) is 8.25. The number of nitro groups is 1. The number of aliphatic hydroxyl groups is 1. The zero-order valence-electron chi connectivity index (χ0n) is 15.2. The molecule has 3 aliphatic rings. The van der Waals surface area contributed by atoms with Gasteiger partial charge >= 0.3 is 6.09 Å². The number of hydrogen-bond donors (Lipinski definition) is 1. The van der Waals surface area contributed by atoms with Crippen molar-refractivity contribution in [3.8, 4) is 0 Å². The van der Waals surface area contributed by atoms with Gasteiger partial charge in [-0.15, -0.1) is 0 Å². The molecule has 1 saturated heterocycles. The highest BCUT2D eigenvalue weighted by atomic mass is 16.6. The van der Waals surface area contributed by atoms with Crippen LogP contribution in [0.15, 0.2) is 30.3 Å². The van der Waals surface area contributed by atoms with E-state index in [0.717, 1.165) is 11.3 Å². The first-order valence-electron chi connectivity index (χ1n) is 9.13. The van der Waals surface area contributed by atoms with E-state index in [0.29, 0.717) is 18.8 Å². The highest BCUT2D eigenvalue weighted by Crippen LogP contribution is 2.66. The van der Waals surface area contributed by atoms with Gasteiger partial charge in [0.25, 0.3) is 11.9 Å². The zero-order chi connectivity index (χ0) is 19.6. The third kappa shape index (κ3) is 2.19. The number of carbonyl (C=O) groups excluding carboxylic acids is 2. The second-order valence-corrected chi connectivity index (χ2v) is 8.25. The Morgan fingerprint density at radius 1 is 1.37 bits per heavy atom. The Morgan fingerprint density at radius 2 is 2.04 bits per heavy atom. The van der Waals surface area contributed by atoms with Crippen molar-refractivity contribution in [3.63, 3.8) is 0 Å². The molecular weight excluding hydrogens is 352 g/mol. The van der Waals surface area contributed by atoms with Crippen molar-refractivity contribution in [3.05, 3.63) is 46.0 Å². The first-order valence-corrected chi connectivity index (χ1v) is 9.13. The van der Waals surface area contributed by atoms with Gasteiger partial charge < -0.3 is 9.84 Å². The number of rotatable bonds is 4. The van der Waals surface area contributed by atoms with Crippen molar-refractivity contribution >= 4 is 12.0 Å². The van der Waals surface area contributed by atoms with Crippen LogP contribution in [0, 0.1) is 21.4 Å². The average Bonchev–Trinajstić information content (AvgIpc) is 3.13. The Morgan fingerprint density at radius 3 is 2.63 bits per heavy atom. The van der Waals surface area contributed by atoms with Gasteiger partial charge in [-0.2, -0.15) is 0 Å². The smallest absolute Gasteiger partial charge is 0.417 e. The third-order valence-electron chi connectivity index (χ3n) is 7.01. The lowest BCUT2D eigenvalue weighted by atomic mass is 9.74. The SMILES string of the molecule is CC1(C)[C@@H]2CC[C@]13[C@@H](C2)OC(=O)N3C(=O)[C@@H](O)[C@@H](c1ccccc1)[N+](=O)[O-]. The summed E-state index contributed by atoms with van der Waals surface area (Å²) >= 11 is 0. The highest BCUT2D eigenvalue weighted by Gasteiger charge is 2.74. The number of nitrogens with zero attached hydrogens (tertiary/aromatic N) is 2. The van der Waals surface area contributed by atoms with Crippen LogP contribution < -0.4 is 0 Å². The Balaban J connectivity index is 1.71. The zero-order valence-corrected chi connectivity index (χ0v) is 15.2. The number of amides is 2. The second kappa shape index (κ2) is 5.76. The van der Waals surface area contributed by atoms with Gasteiger partial charge in [0, 0.05) is 10.5 Å². The van der Waals surface area contributed by atoms with E-state index in [1.54, 1.807) is 18.2 Å². The quantitative estimate of drug-likeness (QED) is 0.639. The molecule has 5 atom stereocenters. The van der Waals surface area contributed by atoms with Gasteiger partial charge in [0.2, 0.25) is 6.10 Å². The molecule has 0 aromatic heterocycles. The number of fused-ring (bicyclic) bond motifs is 1. The van der Waals surface area contributed by atoms with E-state index in [1.165, 1.54) is 12.1 Å². The minimum atomic E-state index is -1.97. The summed E-state index contributed by atoms with van der Waals surface area (Å²) in [4.78, 5) is 37.6. The van der Waals surface area contributed by atoms with Gasteiger partial charge in [0.15, 0.2) is 0 Å². The number of imide groups is 1. The van der Waals surface area contributed by atoms with Crippen molar-refractivity contribution in [1.82, 2.24) is 4.90 Å². The molecule has 8 nitrogen and oxygen atoms in total. The molecule has 2 bridgehead atoms. The molecule has 4 rings (SSSR count). The van der Waals surface area contributed by atoms with Crippen molar-refractivity contribution in [2.75, 3.05) is 0 Å². The number of carbonyl (C=O) groups is 2. The lowest BCUT2D eigenvalue weighted by molar-refractivity contribution is -0.538. The molecule has 8 heteroatoms. The average molecular weight is 374 g/mol. The first kappa shape index (κ1) is 17.9. The van der Waals surface area contributed by atoms with Crippen LogP contribution in [-0.4, -0.2) is 44.7 Å². The van der Waals surface area contributed by atoms with E-state index >= 15 is 0 Å². The molecular formula is C19H22N2O6. The maximum absolute atomic E-state index is 13.2. The van der Waals surface area contributed by atoms with Crippen LogP contribution in [0.3, 0.4) is 0 Å². The van der Waals surface area contributed by atoms with Crippen LogP contribution in [0.25, 0.3) is 0 Å². The number of hydrogen-bond acceptors (Lipinski definition) is 6. The summed E-state index contributed by atoms with van der Waals surface area (Å²) in [5, 5.41) is 22.3. The fraction of sp³-hybridized carbons (Fsp3) is 0.579. The predicted octanol–water partition coefficient (Wildman–Crippen LogP) is 2.29. The molecule has 1 aromatic rings. The van der Waals surface area contributed by atoms with Crippen LogP contribution in [0.2, 0.25) is 0 Å². The molecule has 1 N–H and O–H groups in total. The molecule has 1 aromatic carbocycles. The van der Waals surface area contributed by atoms with Gasteiger partial charge in [0.05, 0.1) is 5.54 Å². The molecule has 144 valence electrons. The Hall–Kier alpha value is -2.48. The number of ether oxygens (including phenoxy) is 1. The largest absolute Gasteiger partial charge is 0.443 e. The molecule has 1 spiro atoms. The summed E-state index contributed by atoms with van der Waals surface area (Å²) < 4.78 is 5.46. The molecule has 27 heavy (non-hydrogen) atoms. The fourth-order valence-corrected chi connectivity index (χ4v) is 5.52. The van der Waals surface area contributed by atoms with Crippen molar-refractivity contribution in [2.24, 2.45) is 11.3 Å². The van der Waals surface area contributed by atoms with Crippen molar-refractivity contribution < 1.29 is 24.4 Å². The van der Waals surface area contributed by atoms with Crippen LogP contribution in [-0.2, 0) is 9.53 Å². The van der Waals surface area contributed by atoms with Gasteiger partial charge in [0.1, 0.15) is 6.10 Å². The summed E-state index contributed by atoms with van der Waals surface area (Å²) in [6.07, 6.45) is -1.08. The summed E-state index contributed by atoms with van der Waals surface area (Å²) in [6.45, 7) is 4.00. The van der Waals surface area contributed by atoms with E-state index in [4.69, 9.17) is 4.74 Å². The monoisotopic (exact) mass is 374 g/mol. The van der Waals surface area contributed by atoms with Gasteiger partial charge in [-0.25, -0.2) is 9.69 Å². The molecule has 2 saturated carbocycles. The number of aliphatic hydroxyl groups excluding tert-OH is 1. The van der Waals surface area contributed by atoms with Crippen LogP contribution in [0.1, 0.15) is 44.7 Å². The van der Waals surface area contributed by atoms with Crippen LogP contribution in [0.5, 0.6) is 0 Å². The Labute approximate surface area is 156 Å². The topological polar surface area (TPSA) is 110 Å². The standard InChI is InChI=1S/C19H22N2O6/c1-18(2)12-8-9-19(18)13(10-12)27-17(24)20(19)16(23)15(22)14(21(25)26)11-6-4-3-5-7-11/h3-7,12-15,22H,8-10H2,1-2H3/t12-,13-,14-,15+,19+/m1/s1. The van der Waals surface area contributed by atoms with Crippen LogP contribution in [0.4, 0.5) is 4.79 Å². The predicted molar refractivity (Wildman–Crippen MR) is 93.2 cm³/mol. The van der Waals surface area contributed by atoms with Gasteiger partial charge in [-0.3, -0.25) is 14.9 Å². The molecule has 0 unspecified atom stereocenters. The summed E-state index contributed by atoms with van der Waals surface area (Å²) in [6, 6.07) is 6.21. The molecule has 2 amide bonds. The van der Waals surface area contributed by atoms with Crippen molar-refractivity contribution in [1.29, 1.82) is 0 Å². The highest BCUT2D eigenvalue weighted by molar-refractivity contribution is 5.97. The van der Waals surface area contributed by atoms with E-state index in [9.17, 15) is 24.8 Å². The molecule has 1 heterocycles. The minimum Gasteiger partial charge on any atom is -0.443 e. The van der Waals surface area contributed by atoms with E-state index in [-0.39, 0.29) is 11.0 Å². The normalized spacial score (nSPS) is 32.7. The summed E-state index contributed by atoms with van der Waals surface area (Å²) in [5.74, 6) is -0.646. The number of benzene rings is 1. The molecule has 0 radical (unpaired) electrons. The van der Waals surface area contributed by atoms with Gasteiger partial charge in [-0.05, 0) is 30.6 Å². The van der Waals surface area contributed by atoms with E-state index in [2.05, 4.69) is 0 Å². The summed E-state index contributed by atoms with van der Waals surface area (Å²) in [7, 11) is 0. The maximum atomic E-state index is 13.2.